The highest BCUT2D eigenvalue weighted by Crippen LogP contribution is 2.35. The summed E-state index contributed by atoms with van der Waals surface area (Å²) in [5.41, 5.74) is 0.827. The second-order valence-electron chi connectivity index (χ2n) is 6.53. The number of imide groups is 1. The van der Waals surface area contributed by atoms with Crippen molar-refractivity contribution in [3.8, 4) is 11.5 Å². The van der Waals surface area contributed by atoms with Gasteiger partial charge < -0.3 is 14.8 Å². The zero-order valence-electron chi connectivity index (χ0n) is 17.2. The molecule has 1 fully saturated rings. The maximum Gasteiger partial charge on any atom is 0.573 e. The van der Waals surface area contributed by atoms with Crippen LogP contribution in [0.5, 0.6) is 11.5 Å². The Labute approximate surface area is 186 Å². The SMILES string of the molecule is CCN=C(Nc1ccc(OC(F)(F)F)cc1)S[C@@H]1CC(=O)N(c2ccccc2OC)C1=O. The van der Waals surface area contributed by atoms with Crippen molar-refractivity contribution < 1.29 is 32.2 Å². The highest BCUT2D eigenvalue weighted by molar-refractivity contribution is 8.15. The van der Waals surface area contributed by atoms with Gasteiger partial charge in [0.1, 0.15) is 16.7 Å². The van der Waals surface area contributed by atoms with Crippen LogP contribution in [0, 0.1) is 0 Å². The minimum atomic E-state index is -4.78. The van der Waals surface area contributed by atoms with E-state index in [0.29, 0.717) is 28.8 Å². The second kappa shape index (κ2) is 9.94. The number of thioether (sulfide) groups is 1. The number of hydrogen-bond donors (Lipinski definition) is 1. The van der Waals surface area contributed by atoms with Crippen molar-refractivity contribution in [2.45, 2.75) is 25.0 Å². The minimum absolute atomic E-state index is 0.0235. The number of hydrogen-bond acceptors (Lipinski definition) is 6. The summed E-state index contributed by atoms with van der Waals surface area (Å²) in [4.78, 5) is 31.0. The number of amides is 2. The molecule has 32 heavy (non-hydrogen) atoms. The summed E-state index contributed by atoms with van der Waals surface area (Å²) in [6.07, 6.45) is -4.80. The van der Waals surface area contributed by atoms with E-state index in [1.54, 1.807) is 31.2 Å². The molecule has 2 aromatic carbocycles. The third-order valence-electron chi connectivity index (χ3n) is 4.33. The lowest BCUT2D eigenvalue weighted by Crippen LogP contribution is -2.32. The molecule has 2 amide bonds. The number of ether oxygens (including phenoxy) is 2. The molecule has 0 aromatic heterocycles. The van der Waals surface area contributed by atoms with Crippen LogP contribution in [-0.4, -0.2) is 42.2 Å². The van der Waals surface area contributed by atoms with E-state index in [0.717, 1.165) is 28.8 Å². The quantitative estimate of drug-likeness (QED) is 0.384. The van der Waals surface area contributed by atoms with E-state index in [9.17, 15) is 22.8 Å². The van der Waals surface area contributed by atoms with Gasteiger partial charge in [0.05, 0.1) is 12.8 Å². The third-order valence-corrected chi connectivity index (χ3v) is 5.43. The first-order chi connectivity index (χ1) is 15.2. The number of carbonyl (C=O) groups is 2. The van der Waals surface area contributed by atoms with Crippen molar-refractivity contribution in [2.75, 3.05) is 23.9 Å². The number of para-hydroxylation sites is 2. The smallest absolute Gasteiger partial charge is 0.495 e. The average molecular weight is 467 g/mol. The Kier molecular flexibility index (Phi) is 7.29. The first-order valence-corrected chi connectivity index (χ1v) is 10.4. The second-order valence-corrected chi connectivity index (χ2v) is 7.72. The number of nitrogens with one attached hydrogen (secondary N) is 1. The number of methoxy groups -OCH3 is 1. The van der Waals surface area contributed by atoms with Gasteiger partial charge in [-0.05, 0) is 43.3 Å². The molecule has 0 radical (unpaired) electrons. The van der Waals surface area contributed by atoms with Gasteiger partial charge in [-0.25, -0.2) is 4.90 Å². The summed E-state index contributed by atoms with van der Waals surface area (Å²) in [6.45, 7) is 2.20. The van der Waals surface area contributed by atoms with Crippen molar-refractivity contribution in [2.24, 2.45) is 4.99 Å². The number of halogens is 3. The van der Waals surface area contributed by atoms with Crippen LogP contribution in [0.3, 0.4) is 0 Å². The van der Waals surface area contributed by atoms with Crippen molar-refractivity contribution >= 4 is 40.1 Å². The van der Waals surface area contributed by atoms with Crippen LogP contribution >= 0.6 is 11.8 Å². The molecule has 0 bridgehead atoms. The summed E-state index contributed by atoms with van der Waals surface area (Å²) >= 11 is 1.08. The van der Waals surface area contributed by atoms with Crippen molar-refractivity contribution in [3.63, 3.8) is 0 Å². The largest absolute Gasteiger partial charge is 0.573 e. The van der Waals surface area contributed by atoms with Gasteiger partial charge in [0.25, 0.3) is 0 Å². The zero-order chi connectivity index (χ0) is 23.3. The summed E-state index contributed by atoms with van der Waals surface area (Å²) in [6, 6.07) is 11.9. The summed E-state index contributed by atoms with van der Waals surface area (Å²) in [7, 11) is 1.46. The monoisotopic (exact) mass is 467 g/mol. The van der Waals surface area contributed by atoms with E-state index in [4.69, 9.17) is 4.74 Å². The van der Waals surface area contributed by atoms with Crippen LogP contribution in [0.4, 0.5) is 24.5 Å². The van der Waals surface area contributed by atoms with Gasteiger partial charge in [-0.1, -0.05) is 23.9 Å². The van der Waals surface area contributed by atoms with E-state index < -0.39 is 17.5 Å². The van der Waals surface area contributed by atoms with Gasteiger partial charge in [0, 0.05) is 18.7 Å². The van der Waals surface area contributed by atoms with Crippen LogP contribution in [-0.2, 0) is 9.59 Å². The molecular weight excluding hydrogens is 447 g/mol. The minimum Gasteiger partial charge on any atom is -0.495 e. The Hall–Kier alpha value is -3.21. The molecule has 1 atom stereocenters. The molecule has 0 saturated carbocycles. The Morgan fingerprint density at radius 1 is 1.19 bits per heavy atom. The molecule has 170 valence electrons. The number of benzene rings is 2. The van der Waals surface area contributed by atoms with Crippen LogP contribution in [0.1, 0.15) is 13.3 Å². The van der Waals surface area contributed by atoms with Crippen LogP contribution < -0.4 is 19.7 Å². The molecule has 1 heterocycles. The van der Waals surface area contributed by atoms with Gasteiger partial charge >= 0.3 is 6.36 Å². The highest BCUT2D eigenvalue weighted by Gasteiger charge is 2.42. The fourth-order valence-electron chi connectivity index (χ4n) is 3.01. The molecule has 1 saturated heterocycles. The average Bonchev–Trinajstić information content (AvgIpc) is 3.01. The van der Waals surface area contributed by atoms with E-state index in [2.05, 4.69) is 15.0 Å². The number of alkyl halides is 3. The number of carbonyl (C=O) groups excluding carboxylic acids is 2. The van der Waals surface area contributed by atoms with Gasteiger partial charge in [0.2, 0.25) is 11.8 Å². The number of rotatable bonds is 6. The third kappa shape index (κ3) is 5.72. The number of aliphatic imine (C=N–C) groups is 1. The highest BCUT2D eigenvalue weighted by atomic mass is 32.2. The van der Waals surface area contributed by atoms with Crippen LogP contribution in [0.25, 0.3) is 0 Å². The van der Waals surface area contributed by atoms with Gasteiger partial charge in [-0.3, -0.25) is 14.6 Å². The Balaban J connectivity index is 1.72. The number of anilines is 2. The van der Waals surface area contributed by atoms with E-state index >= 15 is 0 Å². The molecule has 1 N–H and O–H groups in total. The van der Waals surface area contributed by atoms with Gasteiger partial charge in [-0.15, -0.1) is 13.2 Å². The Morgan fingerprint density at radius 2 is 1.88 bits per heavy atom. The first kappa shape index (κ1) is 23.5. The van der Waals surface area contributed by atoms with Crippen LogP contribution in [0.2, 0.25) is 0 Å². The molecule has 0 unspecified atom stereocenters. The summed E-state index contributed by atoms with van der Waals surface area (Å²) in [5, 5.41) is 2.63. The van der Waals surface area contributed by atoms with Crippen molar-refractivity contribution in [1.82, 2.24) is 0 Å². The zero-order valence-corrected chi connectivity index (χ0v) is 18.0. The number of amidine groups is 1. The van der Waals surface area contributed by atoms with E-state index in [1.807, 2.05) is 0 Å². The molecule has 7 nitrogen and oxygen atoms in total. The molecule has 0 spiro atoms. The normalized spacial score (nSPS) is 17.0. The fraction of sp³-hybridized carbons (Fsp3) is 0.286. The summed E-state index contributed by atoms with van der Waals surface area (Å²) < 4.78 is 46.1. The van der Waals surface area contributed by atoms with E-state index in [1.165, 1.54) is 19.2 Å². The fourth-order valence-corrected chi connectivity index (χ4v) is 4.09. The lowest BCUT2D eigenvalue weighted by molar-refractivity contribution is -0.274. The predicted octanol–water partition coefficient (Wildman–Crippen LogP) is 4.45. The standard InChI is InChI=1S/C21H20F3N3O4S/c1-3-25-20(26-13-8-10-14(11-9-13)31-21(22,23)24)32-17-12-18(28)27(19(17)29)15-6-4-5-7-16(15)30-2/h4-11,17H,3,12H2,1-2H3,(H,25,26)/t17-/m1/s1. The topological polar surface area (TPSA) is 80.2 Å². The number of nitrogens with zero attached hydrogens (tertiary/aromatic N) is 2. The molecule has 1 aliphatic heterocycles. The van der Waals surface area contributed by atoms with Crippen LogP contribution in [0.15, 0.2) is 53.5 Å². The van der Waals surface area contributed by atoms with Crippen molar-refractivity contribution in [1.29, 1.82) is 0 Å². The lowest BCUT2D eigenvalue weighted by atomic mass is 10.2. The van der Waals surface area contributed by atoms with Gasteiger partial charge in [-0.2, -0.15) is 0 Å². The molecule has 0 aliphatic carbocycles. The first-order valence-electron chi connectivity index (χ1n) is 9.55. The molecule has 11 heteroatoms. The maximum absolute atomic E-state index is 13.0. The molecular formula is C21H20F3N3O4S. The molecule has 2 aromatic rings. The Bertz CT molecular complexity index is 1010. The predicted molar refractivity (Wildman–Crippen MR) is 116 cm³/mol. The molecule has 3 rings (SSSR count). The summed E-state index contributed by atoms with van der Waals surface area (Å²) in [5.74, 6) is -0.708. The van der Waals surface area contributed by atoms with E-state index in [-0.39, 0.29) is 18.1 Å². The van der Waals surface area contributed by atoms with Gasteiger partial charge in [0.15, 0.2) is 5.17 Å². The lowest BCUT2D eigenvalue weighted by Gasteiger charge is -2.18. The molecule has 1 aliphatic rings. The maximum atomic E-state index is 13.0. The van der Waals surface area contributed by atoms with Crippen molar-refractivity contribution in [3.05, 3.63) is 48.5 Å². The Morgan fingerprint density at radius 3 is 2.50 bits per heavy atom.